The smallest absolute Gasteiger partial charge is 0.119 e. The number of hydrogen-bond acceptors (Lipinski definition) is 3. The molecule has 1 saturated heterocycles. The van der Waals surface area contributed by atoms with E-state index < -0.39 is 5.60 Å². The van der Waals surface area contributed by atoms with Crippen molar-refractivity contribution in [3.8, 4) is 5.75 Å². The summed E-state index contributed by atoms with van der Waals surface area (Å²) in [5, 5.41) is 13.8. The van der Waals surface area contributed by atoms with E-state index in [1.165, 1.54) is 11.1 Å². The fourth-order valence-corrected chi connectivity index (χ4v) is 2.28. The summed E-state index contributed by atoms with van der Waals surface area (Å²) in [6, 6.07) is 6.07. The van der Waals surface area contributed by atoms with Crippen LogP contribution in [-0.4, -0.2) is 30.4 Å². The number of ether oxygens (including phenoxy) is 1. The van der Waals surface area contributed by atoms with Gasteiger partial charge in [-0.1, -0.05) is 6.07 Å². The van der Waals surface area contributed by atoms with Crippen LogP contribution in [-0.2, 0) is 0 Å². The fraction of sp³-hybridized carbons (Fsp3) is 0.600. The first-order valence-corrected chi connectivity index (χ1v) is 6.72. The van der Waals surface area contributed by atoms with Crippen LogP contribution in [0.1, 0.15) is 30.4 Å². The van der Waals surface area contributed by atoms with Gasteiger partial charge in [0.2, 0.25) is 0 Å². The number of hydrogen-bond donors (Lipinski definition) is 2. The lowest BCUT2D eigenvalue weighted by molar-refractivity contribution is -0.0147. The van der Waals surface area contributed by atoms with E-state index in [-0.39, 0.29) is 0 Å². The van der Waals surface area contributed by atoms with Gasteiger partial charge >= 0.3 is 0 Å². The third-order valence-corrected chi connectivity index (χ3v) is 3.75. The molecule has 0 bridgehead atoms. The maximum atomic E-state index is 10.5. The maximum Gasteiger partial charge on any atom is 0.119 e. The van der Waals surface area contributed by atoms with Crippen molar-refractivity contribution in [2.24, 2.45) is 0 Å². The molecule has 0 unspecified atom stereocenters. The highest BCUT2D eigenvalue weighted by molar-refractivity contribution is 5.33. The molecule has 3 heteroatoms. The number of aryl methyl sites for hydroxylation is 2. The molecule has 0 aliphatic carbocycles. The third kappa shape index (κ3) is 3.47. The molecule has 2 N–H and O–H groups in total. The van der Waals surface area contributed by atoms with E-state index in [4.69, 9.17) is 4.74 Å². The van der Waals surface area contributed by atoms with Crippen molar-refractivity contribution in [3.05, 3.63) is 29.3 Å². The predicted molar refractivity (Wildman–Crippen MR) is 73.1 cm³/mol. The molecule has 100 valence electrons. The van der Waals surface area contributed by atoms with E-state index in [0.717, 1.165) is 38.1 Å². The van der Waals surface area contributed by atoms with Gasteiger partial charge in [-0.15, -0.1) is 0 Å². The SMILES string of the molecule is Cc1ccc(OC[C@@]2(O)CCCNCC2)cc1C. The molecule has 0 radical (unpaired) electrons. The zero-order valence-electron chi connectivity index (χ0n) is 11.3. The number of aliphatic hydroxyl groups is 1. The van der Waals surface area contributed by atoms with Gasteiger partial charge in [-0.2, -0.15) is 0 Å². The van der Waals surface area contributed by atoms with Crippen LogP contribution in [0.5, 0.6) is 5.75 Å². The standard InChI is InChI=1S/C15H23NO2/c1-12-4-5-14(10-13(12)2)18-11-15(17)6-3-8-16-9-7-15/h4-5,10,16-17H,3,6-9,11H2,1-2H3/t15-/m1/s1. The first kappa shape index (κ1) is 13.4. The Balaban J connectivity index is 1.95. The quantitative estimate of drug-likeness (QED) is 0.863. The van der Waals surface area contributed by atoms with E-state index >= 15 is 0 Å². The molecule has 1 heterocycles. The highest BCUT2D eigenvalue weighted by Crippen LogP contribution is 2.22. The van der Waals surface area contributed by atoms with E-state index in [9.17, 15) is 5.11 Å². The van der Waals surface area contributed by atoms with Gasteiger partial charge in [0.1, 0.15) is 12.4 Å². The molecule has 0 saturated carbocycles. The maximum absolute atomic E-state index is 10.5. The highest BCUT2D eigenvalue weighted by Gasteiger charge is 2.28. The molecule has 1 fully saturated rings. The molecule has 1 aliphatic rings. The molecule has 0 aromatic heterocycles. The van der Waals surface area contributed by atoms with E-state index in [1.807, 2.05) is 12.1 Å². The monoisotopic (exact) mass is 249 g/mol. The van der Waals surface area contributed by atoms with Crippen LogP contribution in [0, 0.1) is 13.8 Å². The molecule has 18 heavy (non-hydrogen) atoms. The summed E-state index contributed by atoms with van der Waals surface area (Å²) in [5.41, 5.74) is 1.81. The molecule has 3 nitrogen and oxygen atoms in total. The van der Waals surface area contributed by atoms with Crippen molar-refractivity contribution < 1.29 is 9.84 Å². The van der Waals surface area contributed by atoms with Crippen LogP contribution in [0.15, 0.2) is 18.2 Å². The minimum Gasteiger partial charge on any atom is -0.491 e. The minimum absolute atomic E-state index is 0.386. The molecule has 1 aromatic carbocycles. The van der Waals surface area contributed by atoms with Gasteiger partial charge in [0.25, 0.3) is 0 Å². The van der Waals surface area contributed by atoms with Gasteiger partial charge in [0, 0.05) is 0 Å². The summed E-state index contributed by atoms with van der Waals surface area (Å²) in [6.45, 7) is 6.41. The van der Waals surface area contributed by atoms with E-state index in [2.05, 4.69) is 25.2 Å². The summed E-state index contributed by atoms with van der Waals surface area (Å²) in [5.74, 6) is 0.851. The first-order valence-electron chi connectivity index (χ1n) is 6.72. The predicted octanol–water partition coefficient (Wildman–Crippen LogP) is 2.19. The van der Waals surface area contributed by atoms with E-state index in [1.54, 1.807) is 0 Å². The Bertz CT molecular complexity index is 395. The number of nitrogens with one attached hydrogen (secondary N) is 1. The van der Waals surface area contributed by atoms with Crippen molar-refractivity contribution in [2.45, 2.75) is 38.7 Å². The Labute approximate surface area is 109 Å². The summed E-state index contributed by atoms with van der Waals surface area (Å²) < 4.78 is 5.76. The van der Waals surface area contributed by atoms with Gasteiger partial charge in [0.15, 0.2) is 0 Å². The second kappa shape index (κ2) is 5.72. The van der Waals surface area contributed by atoms with Crippen LogP contribution >= 0.6 is 0 Å². The van der Waals surface area contributed by atoms with E-state index in [0.29, 0.717) is 6.61 Å². The average Bonchev–Trinajstić information content (AvgIpc) is 2.56. The van der Waals surface area contributed by atoms with Crippen LogP contribution in [0.25, 0.3) is 0 Å². The second-order valence-corrected chi connectivity index (χ2v) is 5.36. The van der Waals surface area contributed by atoms with Gasteiger partial charge in [0.05, 0.1) is 5.60 Å². The van der Waals surface area contributed by atoms with Gasteiger partial charge < -0.3 is 15.2 Å². The van der Waals surface area contributed by atoms with Crippen molar-refractivity contribution in [1.29, 1.82) is 0 Å². The van der Waals surface area contributed by atoms with Gasteiger partial charge in [-0.05, 0) is 69.5 Å². The molecule has 0 spiro atoms. The molecular weight excluding hydrogens is 226 g/mol. The summed E-state index contributed by atoms with van der Waals surface area (Å²) in [6.07, 6.45) is 2.58. The second-order valence-electron chi connectivity index (χ2n) is 5.36. The fourth-order valence-electron chi connectivity index (χ4n) is 2.28. The lowest BCUT2D eigenvalue weighted by Crippen LogP contribution is -2.36. The summed E-state index contributed by atoms with van der Waals surface area (Å²) >= 11 is 0. The summed E-state index contributed by atoms with van der Waals surface area (Å²) in [7, 11) is 0. The number of rotatable bonds is 3. The minimum atomic E-state index is -0.678. The van der Waals surface area contributed by atoms with Crippen LogP contribution in [0.2, 0.25) is 0 Å². The van der Waals surface area contributed by atoms with Crippen molar-refractivity contribution >= 4 is 0 Å². The lowest BCUT2D eigenvalue weighted by atomic mass is 9.96. The zero-order chi connectivity index (χ0) is 13.0. The molecular formula is C15H23NO2. The number of benzene rings is 1. The Morgan fingerprint density at radius 2 is 2.06 bits per heavy atom. The van der Waals surface area contributed by atoms with Crippen LogP contribution < -0.4 is 10.1 Å². The lowest BCUT2D eigenvalue weighted by Gasteiger charge is -2.26. The Morgan fingerprint density at radius 3 is 2.83 bits per heavy atom. The van der Waals surface area contributed by atoms with Crippen molar-refractivity contribution in [3.63, 3.8) is 0 Å². The largest absolute Gasteiger partial charge is 0.491 e. The van der Waals surface area contributed by atoms with Crippen molar-refractivity contribution in [1.82, 2.24) is 5.32 Å². The highest BCUT2D eigenvalue weighted by atomic mass is 16.5. The summed E-state index contributed by atoms with van der Waals surface area (Å²) in [4.78, 5) is 0. The van der Waals surface area contributed by atoms with Crippen LogP contribution in [0.4, 0.5) is 0 Å². The Kier molecular flexibility index (Phi) is 4.25. The molecule has 0 amide bonds. The van der Waals surface area contributed by atoms with Crippen LogP contribution in [0.3, 0.4) is 0 Å². The normalized spacial score (nSPS) is 24.6. The topological polar surface area (TPSA) is 41.5 Å². The van der Waals surface area contributed by atoms with Crippen molar-refractivity contribution in [2.75, 3.05) is 19.7 Å². The molecule has 1 aromatic rings. The molecule has 2 rings (SSSR count). The first-order chi connectivity index (χ1) is 8.59. The third-order valence-electron chi connectivity index (χ3n) is 3.75. The Hall–Kier alpha value is -1.06. The zero-order valence-corrected chi connectivity index (χ0v) is 11.3. The van der Waals surface area contributed by atoms with Gasteiger partial charge in [-0.25, -0.2) is 0 Å². The average molecular weight is 249 g/mol. The molecule has 1 atom stereocenters. The van der Waals surface area contributed by atoms with Gasteiger partial charge in [-0.3, -0.25) is 0 Å². The molecule has 1 aliphatic heterocycles. The Morgan fingerprint density at radius 1 is 1.22 bits per heavy atom.